The number of nitrogens with zero attached hydrogens (tertiary/aromatic N) is 1. The van der Waals surface area contributed by atoms with Crippen LogP contribution < -0.4 is 5.32 Å². The predicted molar refractivity (Wildman–Crippen MR) is 71.9 cm³/mol. The Morgan fingerprint density at radius 3 is 2.38 bits per heavy atom. The quantitative estimate of drug-likeness (QED) is 0.650. The van der Waals surface area contributed by atoms with E-state index in [-0.39, 0.29) is 0 Å². The maximum Gasteiger partial charge on any atom is 0.00992 e. The van der Waals surface area contributed by atoms with Crippen molar-refractivity contribution in [1.82, 2.24) is 10.2 Å². The van der Waals surface area contributed by atoms with Gasteiger partial charge in [-0.1, -0.05) is 13.8 Å². The molecule has 2 heteroatoms. The molecule has 0 aliphatic heterocycles. The smallest absolute Gasteiger partial charge is 0.00992 e. The molecular weight excluding hydrogens is 196 g/mol. The summed E-state index contributed by atoms with van der Waals surface area (Å²) in [5.74, 6) is 0. The van der Waals surface area contributed by atoms with Crippen LogP contribution in [0.15, 0.2) is 0 Å². The molecule has 0 spiro atoms. The Morgan fingerprint density at radius 2 is 1.88 bits per heavy atom. The molecule has 16 heavy (non-hydrogen) atoms. The summed E-state index contributed by atoms with van der Waals surface area (Å²) in [4.78, 5) is 2.73. The average molecular weight is 226 g/mol. The fraction of sp³-hybridized carbons (Fsp3) is 1.00. The largest absolute Gasteiger partial charge is 0.314 e. The fourth-order valence-corrected chi connectivity index (χ4v) is 2.55. The minimum Gasteiger partial charge on any atom is -0.314 e. The fourth-order valence-electron chi connectivity index (χ4n) is 2.55. The standard InChI is InChI=1S/C14H30N2/c1-5-9-15-12(3)11-13(4)16(10-6-2)14-7-8-14/h12-15H,5-11H2,1-4H3. The molecule has 1 aliphatic rings. The third kappa shape index (κ3) is 4.84. The Bertz CT molecular complexity index is 178. The first-order valence-corrected chi connectivity index (χ1v) is 7.18. The second kappa shape index (κ2) is 7.29. The van der Waals surface area contributed by atoms with E-state index in [4.69, 9.17) is 0 Å². The van der Waals surface area contributed by atoms with Crippen molar-refractivity contribution in [3.8, 4) is 0 Å². The second-order valence-electron chi connectivity index (χ2n) is 5.41. The summed E-state index contributed by atoms with van der Waals surface area (Å²) in [5.41, 5.74) is 0. The molecule has 0 amide bonds. The van der Waals surface area contributed by atoms with E-state index in [0.717, 1.165) is 18.6 Å². The van der Waals surface area contributed by atoms with E-state index in [1.165, 1.54) is 38.6 Å². The highest BCUT2D eigenvalue weighted by atomic mass is 15.2. The van der Waals surface area contributed by atoms with Gasteiger partial charge in [0.25, 0.3) is 0 Å². The van der Waals surface area contributed by atoms with Gasteiger partial charge in [0.1, 0.15) is 0 Å². The molecule has 1 rings (SSSR count). The van der Waals surface area contributed by atoms with Gasteiger partial charge in [-0.15, -0.1) is 0 Å². The molecule has 0 radical (unpaired) electrons. The molecule has 2 unspecified atom stereocenters. The van der Waals surface area contributed by atoms with Crippen molar-refractivity contribution < 1.29 is 0 Å². The molecule has 2 atom stereocenters. The third-order valence-corrected chi connectivity index (χ3v) is 3.50. The topological polar surface area (TPSA) is 15.3 Å². The Labute approximate surface area is 102 Å². The Kier molecular flexibility index (Phi) is 6.37. The highest BCUT2D eigenvalue weighted by Gasteiger charge is 2.31. The molecule has 0 heterocycles. The zero-order chi connectivity index (χ0) is 12.0. The van der Waals surface area contributed by atoms with E-state index in [1.807, 2.05) is 0 Å². The summed E-state index contributed by atoms with van der Waals surface area (Å²) in [7, 11) is 0. The highest BCUT2D eigenvalue weighted by Crippen LogP contribution is 2.29. The van der Waals surface area contributed by atoms with E-state index in [1.54, 1.807) is 0 Å². The summed E-state index contributed by atoms with van der Waals surface area (Å²) in [6.07, 6.45) is 6.68. The Balaban J connectivity index is 2.27. The molecule has 1 saturated carbocycles. The lowest BCUT2D eigenvalue weighted by atomic mass is 10.1. The molecule has 1 aliphatic carbocycles. The Morgan fingerprint density at radius 1 is 1.19 bits per heavy atom. The summed E-state index contributed by atoms with van der Waals surface area (Å²) >= 11 is 0. The summed E-state index contributed by atoms with van der Waals surface area (Å²) in [6.45, 7) is 11.7. The van der Waals surface area contributed by atoms with E-state index in [9.17, 15) is 0 Å². The minimum atomic E-state index is 0.660. The van der Waals surface area contributed by atoms with Crippen LogP contribution in [-0.2, 0) is 0 Å². The normalized spacial score (nSPS) is 20.1. The maximum absolute atomic E-state index is 3.59. The van der Waals surface area contributed by atoms with Crippen molar-refractivity contribution in [1.29, 1.82) is 0 Å². The van der Waals surface area contributed by atoms with Crippen molar-refractivity contribution in [2.75, 3.05) is 13.1 Å². The van der Waals surface area contributed by atoms with Crippen molar-refractivity contribution in [2.45, 2.75) is 77.9 Å². The van der Waals surface area contributed by atoms with Crippen LogP contribution in [0.4, 0.5) is 0 Å². The van der Waals surface area contributed by atoms with Crippen LogP contribution in [0.3, 0.4) is 0 Å². The van der Waals surface area contributed by atoms with Crippen molar-refractivity contribution in [3.05, 3.63) is 0 Å². The monoisotopic (exact) mass is 226 g/mol. The molecule has 0 saturated heterocycles. The lowest BCUT2D eigenvalue weighted by molar-refractivity contribution is 0.179. The maximum atomic E-state index is 3.59. The first-order chi connectivity index (χ1) is 7.69. The van der Waals surface area contributed by atoms with Gasteiger partial charge < -0.3 is 5.32 Å². The van der Waals surface area contributed by atoms with Gasteiger partial charge in [0, 0.05) is 18.1 Å². The van der Waals surface area contributed by atoms with Crippen LogP contribution in [0.2, 0.25) is 0 Å². The van der Waals surface area contributed by atoms with E-state index in [2.05, 4.69) is 37.9 Å². The molecule has 0 aromatic rings. The van der Waals surface area contributed by atoms with Crippen LogP contribution in [-0.4, -0.2) is 36.1 Å². The average Bonchev–Trinajstić information content (AvgIpc) is 3.06. The minimum absolute atomic E-state index is 0.660. The lowest BCUT2D eigenvalue weighted by Crippen LogP contribution is -2.40. The second-order valence-corrected chi connectivity index (χ2v) is 5.41. The number of hydrogen-bond acceptors (Lipinski definition) is 2. The summed E-state index contributed by atoms with van der Waals surface area (Å²) in [6, 6.07) is 2.31. The van der Waals surface area contributed by atoms with E-state index < -0.39 is 0 Å². The first kappa shape index (κ1) is 14.0. The van der Waals surface area contributed by atoms with Crippen molar-refractivity contribution >= 4 is 0 Å². The van der Waals surface area contributed by atoms with Gasteiger partial charge in [0.05, 0.1) is 0 Å². The molecule has 0 aromatic heterocycles. The Hall–Kier alpha value is -0.0800. The van der Waals surface area contributed by atoms with Gasteiger partial charge in [-0.2, -0.15) is 0 Å². The van der Waals surface area contributed by atoms with Crippen molar-refractivity contribution in [2.24, 2.45) is 0 Å². The zero-order valence-electron chi connectivity index (χ0n) is 11.6. The number of hydrogen-bond donors (Lipinski definition) is 1. The van der Waals surface area contributed by atoms with Gasteiger partial charge in [-0.3, -0.25) is 4.90 Å². The lowest BCUT2D eigenvalue weighted by Gasteiger charge is -2.31. The van der Waals surface area contributed by atoms with Crippen LogP contribution in [0, 0.1) is 0 Å². The first-order valence-electron chi connectivity index (χ1n) is 7.18. The molecule has 1 fully saturated rings. The van der Waals surface area contributed by atoms with Crippen LogP contribution in [0.5, 0.6) is 0 Å². The van der Waals surface area contributed by atoms with Gasteiger partial charge in [0.2, 0.25) is 0 Å². The molecule has 96 valence electrons. The molecule has 1 N–H and O–H groups in total. The molecule has 0 bridgehead atoms. The van der Waals surface area contributed by atoms with Gasteiger partial charge in [-0.25, -0.2) is 0 Å². The molecular formula is C14H30N2. The van der Waals surface area contributed by atoms with Crippen LogP contribution in [0.1, 0.15) is 59.8 Å². The third-order valence-electron chi connectivity index (χ3n) is 3.50. The van der Waals surface area contributed by atoms with Gasteiger partial charge >= 0.3 is 0 Å². The SMILES string of the molecule is CCCNC(C)CC(C)N(CCC)C1CC1. The molecule has 2 nitrogen and oxygen atoms in total. The van der Waals surface area contributed by atoms with E-state index >= 15 is 0 Å². The zero-order valence-corrected chi connectivity index (χ0v) is 11.6. The highest BCUT2D eigenvalue weighted by molar-refractivity contribution is 4.88. The van der Waals surface area contributed by atoms with Crippen LogP contribution in [0.25, 0.3) is 0 Å². The summed E-state index contributed by atoms with van der Waals surface area (Å²) < 4.78 is 0. The number of rotatable bonds is 9. The summed E-state index contributed by atoms with van der Waals surface area (Å²) in [5, 5.41) is 3.59. The van der Waals surface area contributed by atoms with Gasteiger partial charge in [0.15, 0.2) is 0 Å². The van der Waals surface area contributed by atoms with Crippen LogP contribution >= 0.6 is 0 Å². The van der Waals surface area contributed by atoms with E-state index in [0.29, 0.717) is 6.04 Å². The molecule has 0 aromatic carbocycles. The van der Waals surface area contributed by atoms with Gasteiger partial charge in [-0.05, 0) is 59.0 Å². The van der Waals surface area contributed by atoms with Crippen molar-refractivity contribution in [3.63, 3.8) is 0 Å². The predicted octanol–water partition coefficient (Wildman–Crippen LogP) is 3.03. The number of nitrogens with one attached hydrogen (secondary N) is 1.